The molecule has 7 heteroatoms. The van der Waals surface area contributed by atoms with Crippen LogP contribution in [0.4, 0.5) is 5.69 Å². The molecular formula is C20H18N2O4S. The molecule has 0 radical (unpaired) electrons. The lowest BCUT2D eigenvalue weighted by Crippen LogP contribution is -2.30. The van der Waals surface area contributed by atoms with Crippen molar-refractivity contribution in [3.8, 4) is 5.75 Å². The van der Waals surface area contributed by atoms with Crippen molar-refractivity contribution in [1.29, 1.82) is 0 Å². The topological polar surface area (TPSA) is 67.9 Å². The molecule has 0 unspecified atom stereocenters. The number of benzene rings is 2. The van der Waals surface area contributed by atoms with E-state index in [0.29, 0.717) is 28.7 Å². The van der Waals surface area contributed by atoms with Crippen LogP contribution in [0.1, 0.15) is 22.8 Å². The van der Waals surface area contributed by atoms with Crippen LogP contribution in [0.5, 0.6) is 5.75 Å². The van der Waals surface area contributed by atoms with Crippen LogP contribution in [-0.4, -0.2) is 30.7 Å². The van der Waals surface area contributed by atoms with Crippen molar-refractivity contribution >= 4 is 41.0 Å². The Hall–Kier alpha value is -3.19. The highest BCUT2D eigenvalue weighted by atomic mass is 32.1. The number of esters is 1. The van der Waals surface area contributed by atoms with Crippen LogP contribution in [0.25, 0.3) is 6.08 Å². The molecule has 1 N–H and O–H groups in total. The Labute approximate surface area is 162 Å². The Bertz CT molecular complexity index is 905. The van der Waals surface area contributed by atoms with E-state index >= 15 is 0 Å². The van der Waals surface area contributed by atoms with Gasteiger partial charge in [0.2, 0.25) is 0 Å². The van der Waals surface area contributed by atoms with E-state index in [1.54, 1.807) is 54.6 Å². The van der Waals surface area contributed by atoms with E-state index in [1.807, 2.05) is 6.92 Å². The standard InChI is InChI=1S/C20H18N2O4S/c1-3-26-16-10-8-15(9-11-16)22-18(23)17(21-20(22)27)12-13-4-6-14(7-5-13)19(24)25-2/h4-12H,3H2,1-2H3,(H,21,27)/b17-12-. The first-order chi connectivity index (χ1) is 13.0. The van der Waals surface area contributed by atoms with Crippen LogP contribution in [0.2, 0.25) is 0 Å². The summed E-state index contributed by atoms with van der Waals surface area (Å²) >= 11 is 5.31. The molecule has 1 saturated heterocycles. The van der Waals surface area contributed by atoms with Gasteiger partial charge < -0.3 is 14.8 Å². The van der Waals surface area contributed by atoms with Gasteiger partial charge in [-0.05, 0) is 67.2 Å². The lowest BCUT2D eigenvalue weighted by molar-refractivity contribution is -0.113. The van der Waals surface area contributed by atoms with E-state index in [0.717, 1.165) is 11.3 Å². The summed E-state index contributed by atoms with van der Waals surface area (Å²) in [5.74, 6) is 0.0709. The minimum atomic E-state index is -0.410. The molecule has 6 nitrogen and oxygen atoms in total. The third-order valence-electron chi connectivity index (χ3n) is 3.93. The minimum Gasteiger partial charge on any atom is -0.494 e. The number of carbonyl (C=O) groups excluding carboxylic acids is 2. The number of amides is 1. The summed E-state index contributed by atoms with van der Waals surface area (Å²) in [7, 11) is 1.33. The molecule has 0 bridgehead atoms. The molecule has 0 aliphatic carbocycles. The van der Waals surface area contributed by atoms with Gasteiger partial charge in [0.25, 0.3) is 5.91 Å². The largest absolute Gasteiger partial charge is 0.494 e. The predicted molar refractivity (Wildman–Crippen MR) is 107 cm³/mol. The first-order valence-corrected chi connectivity index (χ1v) is 8.72. The fourth-order valence-electron chi connectivity index (χ4n) is 2.63. The van der Waals surface area contributed by atoms with E-state index in [2.05, 4.69) is 10.1 Å². The second-order valence-corrected chi connectivity index (χ2v) is 6.06. The maximum Gasteiger partial charge on any atom is 0.337 e. The average Bonchev–Trinajstić information content (AvgIpc) is 2.96. The van der Waals surface area contributed by atoms with Gasteiger partial charge in [0, 0.05) is 0 Å². The Morgan fingerprint density at radius 3 is 2.41 bits per heavy atom. The van der Waals surface area contributed by atoms with Crippen molar-refractivity contribution in [3.63, 3.8) is 0 Å². The van der Waals surface area contributed by atoms with E-state index in [-0.39, 0.29) is 5.91 Å². The van der Waals surface area contributed by atoms with Crippen LogP contribution in [0.15, 0.2) is 54.2 Å². The summed E-state index contributed by atoms with van der Waals surface area (Å²) in [6, 6.07) is 13.9. The third kappa shape index (κ3) is 3.98. The molecule has 1 amide bonds. The van der Waals surface area contributed by atoms with Crippen LogP contribution < -0.4 is 15.0 Å². The number of thiocarbonyl (C=S) groups is 1. The summed E-state index contributed by atoms with van der Waals surface area (Å²) in [5.41, 5.74) is 2.22. The number of carbonyl (C=O) groups is 2. The van der Waals surface area contributed by atoms with Gasteiger partial charge in [-0.2, -0.15) is 0 Å². The molecule has 1 fully saturated rings. The Kier molecular flexibility index (Phi) is 5.52. The quantitative estimate of drug-likeness (QED) is 0.487. The third-order valence-corrected chi connectivity index (χ3v) is 4.21. The smallest absolute Gasteiger partial charge is 0.337 e. The number of nitrogens with one attached hydrogen (secondary N) is 1. The number of nitrogens with zero attached hydrogens (tertiary/aromatic N) is 1. The fourth-order valence-corrected chi connectivity index (χ4v) is 2.93. The normalized spacial score (nSPS) is 15.0. The Morgan fingerprint density at radius 1 is 1.15 bits per heavy atom. The zero-order valence-corrected chi connectivity index (χ0v) is 15.7. The molecule has 1 aliphatic heterocycles. The first kappa shape index (κ1) is 18.6. The molecule has 138 valence electrons. The van der Waals surface area contributed by atoms with Gasteiger partial charge in [-0.15, -0.1) is 0 Å². The van der Waals surface area contributed by atoms with E-state index in [1.165, 1.54) is 12.0 Å². The number of hydrogen-bond acceptors (Lipinski definition) is 5. The molecule has 3 rings (SSSR count). The monoisotopic (exact) mass is 382 g/mol. The lowest BCUT2D eigenvalue weighted by atomic mass is 10.1. The molecule has 27 heavy (non-hydrogen) atoms. The second-order valence-electron chi connectivity index (χ2n) is 5.67. The van der Waals surface area contributed by atoms with Gasteiger partial charge in [-0.1, -0.05) is 12.1 Å². The molecule has 2 aromatic carbocycles. The highest BCUT2D eigenvalue weighted by Crippen LogP contribution is 2.25. The number of rotatable bonds is 5. The summed E-state index contributed by atoms with van der Waals surface area (Å²) in [6.07, 6.45) is 1.68. The van der Waals surface area contributed by atoms with Gasteiger partial charge in [-0.3, -0.25) is 9.69 Å². The SMILES string of the molecule is CCOc1ccc(N2C(=O)/C(=C/c3ccc(C(=O)OC)cc3)NC2=S)cc1. The molecule has 0 spiro atoms. The van der Waals surface area contributed by atoms with Crippen molar-refractivity contribution in [1.82, 2.24) is 5.32 Å². The zero-order valence-electron chi connectivity index (χ0n) is 14.9. The van der Waals surface area contributed by atoms with E-state index < -0.39 is 5.97 Å². The molecule has 0 atom stereocenters. The van der Waals surface area contributed by atoms with E-state index in [4.69, 9.17) is 17.0 Å². The zero-order chi connectivity index (χ0) is 19.4. The summed E-state index contributed by atoms with van der Waals surface area (Å²) < 4.78 is 10.1. The Morgan fingerprint density at radius 2 is 1.81 bits per heavy atom. The number of anilines is 1. The van der Waals surface area contributed by atoms with Gasteiger partial charge in [-0.25, -0.2) is 4.79 Å². The van der Waals surface area contributed by atoms with Gasteiger partial charge >= 0.3 is 5.97 Å². The highest BCUT2D eigenvalue weighted by molar-refractivity contribution is 7.80. The lowest BCUT2D eigenvalue weighted by Gasteiger charge is -2.14. The molecular weight excluding hydrogens is 364 g/mol. The second kappa shape index (κ2) is 8.01. The van der Waals surface area contributed by atoms with Gasteiger partial charge in [0.1, 0.15) is 11.4 Å². The molecule has 0 aromatic heterocycles. The van der Waals surface area contributed by atoms with Crippen LogP contribution in [-0.2, 0) is 9.53 Å². The van der Waals surface area contributed by atoms with Crippen molar-refractivity contribution in [2.45, 2.75) is 6.92 Å². The van der Waals surface area contributed by atoms with Crippen LogP contribution >= 0.6 is 12.2 Å². The Balaban J connectivity index is 1.80. The summed E-state index contributed by atoms with van der Waals surface area (Å²) in [6.45, 7) is 2.48. The van der Waals surface area contributed by atoms with Crippen molar-refractivity contribution in [3.05, 3.63) is 65.4 Å². The average molecular weight is 382 g/mol. The van der Waals surface area contributed by atoms with Crippen molar-refractivity contribution < 1.29 is 19.1 Å². The van der Waals surface area contributed by atoms with Crippen LogP contribution in [0, 0.1) is 0 Å². The first-order valence-electron chi connectivity index (χ1n) is 8.32. The highest BCUT2D eigenvalue weighted by Gasteiger charge is 2.31. The van der Waals surface area contributed by atoms with Crippen molar-refractivity contribution in [2.24, 2.45) is 0 Å². The summed E-state index contributed by atoms with van der Waals surface area (Å²) in [5, 5.41) is 3.24. The van der Waals surface area contributed by atoms with Crippen molar-refractivity contribution in [2.75, 3.05) is 18.6 Å². The van der Waals surface area contributed by atoms with E-state index in [9.17, 15) is 9.59 Å². The number of methoxy groups -OCH3 is 1. The van der Waals surface area contributed by atoms with Crippen LogP contribution in [0.3, 0.4) is 0 Å². The molecule has 1 heterocycles. The fraction of sp³-hybridized carbons (Fsp3) is 0.150. The minimum absolute atomic E-state index is 0.249. The molecule has 0 saturated carbocycles. The number of ether oxygens (including phenoxy) is 2. The maximum atomic E-state index is 12.8. The van der Waals surface area contributed by atoms with Gasteiger partial charge in [0.15, 0.2) is 5.11 Å². The predicted octanol–water partition coefficient (Wildman–Crippen LogP) is 3.13. The molecule has 1 aliphatic rings. The maximum absolute atomic E-state index is 12.8. The van der Waals surface area contributed by atoms with Gasteiger partial charge in [0.05, 0.1) is 25.0 Å². The molecule has 2 aromatic rings. The summed E-state index contributed by atoms with van der Waals surface area (Å²) in [4.78, 5) is 25.7. The number of hydrogen-bond donors (Lipinski definition) is 1.